The zero-order valence-electron chi connectivity index (χ0n) is 21.5. The monoisotopic (exact) mass is 715 g/mol. The Balaban J connectivity index is 1.74. The van der Waals surface area contributed by atoms with Crippen LogP contribution in [0.4, 0.5) is 29.3 Å². The maximum atomic E-state index is 13.3. The molecule has 1 aliphatic heterocycles. The van der Waals surface area contributed by atoms with E-state index in [0.29, 0.717) is 22.7 Å². The summed E-state index contributed by atoms with van der Waals surface area (Å²) in [5.74, 6) is -2.36. The van der Waals surface area contributed by atoms with E-state index in [1.165, 1.54) is 30.3 Å². The third-order valence-electron chi connectivity index (χ3n) is 5.85. The number of carbonyl (C=O) groups is 3. The van der Waals surface area contributed by atoms with Gasteiger partial charge in [-0.3, -0.25) is 25.0 Å². The second kappa shape index (κ2) is 12.0. The Morgan fingerprint density at radius 1 is 1.10 bits per heavy atom. The number of benzene rings is 3. The molecule has 3 aromatic rings. The minimum absolute atomic E-state index is 0.0207. The number of nitrogens with zero attached hydrogens (tertiary/aromatic N) is 2. The summed E-state index contributed by atoms with van der Waals surface area (Å²) in [4.78, 5) is 49.7. The van der Waals surface area contributed by atoms with Crippen molar-refractivity contribution < 1.29 is 42.0 Å². The predicted molar refractivity (Wildman–Crippen MR) is 154 cm³/mol. The van der Waals surface area contributed by atoms with Gasteiger partial charge in [0, 0.05) is 11.1 Å². The molecule has 1 aliphatic rings. The molecule has 42 heavy (non-hydrogen) atoms. The Kier molecular flexibility index (Phi) is 8.77. The summed E-state index contributed by atoms with van der Waals surface area (Å²) >= 11 is 7.96. The van der Waals surface area contributed by atoms with Crippen LogP contribution in [-0.2, 0) is 15.8 Å². The van der Waals surface area contributed by atoms with Gasteiger partial charge in [0.15, 0.2) is 11.5 Å². The first kappa shape index (κ1) is 30.8. The van der Waals surface area contributed by atoms with Gasteiger partial charge >= 0.3 is 17.9 Å². The van der Waals surface area contributed by atoms with E-state index in [4.69, 9.17) is 21.1 Å². The Bertz CT molecular complexity index is 1680. The molecule has 1 heterocycles. The summed E-state index contributed by atoms with van der Waals surface area (Å²) in [5.41, 5.74) is -1.43. The number of urea groups is 1. The molecule has 1 saturated heterocycles. The molecule has 1 N–H and O–H groups in total. The molecule has 0 radical (unpaired) electrons. The molecule has 0 spiro atoms. The van der Waals surface area contributed by atoms with Crippen molar-refractivity contribution in [1.82, 2.24) is 5.32 Å². The first-order chi connectivity index (χ1) is 19.7. The highest BCUT2D eigenvalue weighted by molar-refractivity contribution is 14.1. The number of anilines is 1. The van der Waals surface area contributed by atoms with Gasteiger partial charge in [-0.25, -0.2) is 9.69 Å². The number of aryl methyl sites for hydroxylation is 1. The third kappa shape index (κ3) is 6.33. The summed E-state index contributed by atoms with van der Waals surface area (Å²) in [7, 11) is 0. The number of hydrogen-bond acceptors (Lipinski definition) is 7. The first-order valence-corrected chi connectivity index (χ1v) is 13.3. The zero-order valence-corrected chi connectivity index (χ0v) is 24.5. The third-order valence-corrected chi connectivity index (χ3v) is 7.06. The van der Waals surface area contributed by atoms with Crippen molar-refractivity contribution in [1.29, 1.82) is 0 Å². The highest BCUT2D eigenvalue weighted by atomic mass is 127. The zero-order chi connectivity index (χ0) is 30.9. The second-order valence-electron chi connectivity index (χ2n) is 8.69. The van der Waals surface area contributed by atoms with Crippen LogP contribution < -0.4 is 19.7 Å². The summed E-state index contributed by atoms with van der Waals surface area (Å²) in [6, 6.07) is 8.20. The van der Waals surface area contributed by atoms with E-state index in [1.807, 2.05) is 0 Å². The standard InChI is InChI=1S/C27H18ClF3IN3O7/c1-3-41-22-10-14(8-17-24(36)33-26(38)34(25(17)37)16-6-4-13(2)18(28)12-16)9-19(32)23(22)42-21-7-5-15(27(29,30)31)11-20(21)35(39)40/h4-12H,3H2,1-2H3,(H,33,36,38)/b17-8+. The normalized spacial score (nSPS) is 14.7. The van der Waals surface area contributed by atoms with Crippen molar-refractivity contribution in [3.05, 3.63) is 89.5 Å². The van der Waals surface area contributed by atoms with E-state index >= 15 is 0 Å². The Morgan fingerprint density at radius 2 is 1.81 bits per heavy atom. The SMILES string of the molecule is CCOc1cc(/C=C2\C(=O)NC(=O)N(c3ccc(C)c(Cl)c3)C2=O)cc(I)c1Oc1ccc(C(F)(F)F)cc1[N+](=O)[O-]. The number of halogens is 5. The van der Waals surface area contributed by atoms with Gasteiger partial charge in [0.25, 0.3) is 11.8 Å². The van der Waals surface area contributed by atoms with Crippen LogP contribution in [0.5, 0.6) is 17.2 Å². The van der Waals surface area contributed by atoms with Gasteiger partial charge in [-0.05, 0) is 90.0 Å². The molecule has 3 aromatic carbocycles. The number of amides is 4. The minimum atomic E-state index is -4.81. The van der Waals surface area contributed by atoms with Crippen LogP contribution in [0.25, 0.3) is 6.08 Å². The molecule has 15 heteroatoms. The largest absolute Gasteiger partial charge is 0.490 e. The van der Waals surface area contributed by atoms with E-state index in [-0.39, 0.29) is 32.9 Å². The minimum Gasteiger partial charge on any atom is -0.490 e. The predicted octanol–water partition coefficient (Wildman–Crippen LogP) is 7.04. The van der Waals surface area contributed by atoms with Gasteiger partial charge < -0.3 is 9.47 Å². The van der Waals surface area contributed by atoms with Gasteiger partial charge in [-0.1, -0.05) is 17.7 Å². The van der Waals surface area contributed by atoms with Gasteiger partial charge in [0.2, 0.25) is 5.75 Å². The highest BCUT2D eigenvalue weighted by Crippen LogP contribution is 2.43. The van der Waals surface area contributed by atoms with Gasteiger partial charge in [0.05, 0.1) is 26.4 Å². The highest BCUT2D eigenvalue weighted by Gasteiger charge is 2.37. The molecule has 0 bridgehead atoms. The van der Waals surface area contributed by atoms with Crippen molar-refractivity contribution in [2.24, 2.45) is 0 Å². The summed E-state index contributed by atoms with van der Waals surface area (Å²) in [6.07, 6.45) is -3.60. The number of nitro groups is 1. The average Bonchev–Trinajstić information content (AvgIpc) is 2.90. The average molecular weight is 716 g/mol. The molecular weight excluding hydrogens is 698 g/mol. The quantitative estimate of drug-likeness (QED) is 0.0914. The second-order valence-corrected chi connectivity index (χ2v) is 10.3. The lowest BCUT2D eigenvalue weighted by Crippen LogP contribution is -2.54. The number of hydrogen-bond donors (Lipinski definition) is 1. The Morgan fingerprint density at radius 3 is 2.43 bits per heavy atom. The number of carbonyl (C=O) groups excluding carboxylic acids is 3. The van der Waals surface area contributed by atoms with E-state index in [0.717, 1.165) is 11.0 Å². The van der Waals surface area contributed by atoms with Crippen LogP contribution in [0, 0.1) is 20.6 Å². The van der Waals surface area contributed by atoms with Crippen molar-refractivity contribution in [2.75, 3.05) is 11.5 Å². The summed E-state index contributed by atoms with van der Waals surface area (Å²) < 4.78 is 50.9. The first-order valence-electron chi connectivity index (χ1n) is 11.9. The number of alkyl halides is 3. The fourth-order valence-corrected chi connectivity index (χ4v) is 4.76. The number of imide groups is 2. The van der Waals surface area contributed by atoms with Crippen LogP contribution >= 0.6 is 34.2 Å². The van der Waals surface area contributed by atoms with Gasteiger partial charge in [0.1, 0.15) is 5.57 Å². The maximum Gasteiger partial charge on any atom is 0.416 e. The topological polar surface area (TPSA) is 128 Å². The molecule has 0 aliphatic carbocycles. The number of nitrogens with one attached hydrogen (secondary N) is 1. The van der Waals surface area contributed by atoms with Gasteiger partial charge in [-0.15, -0.1) is 0 Å². The molecular formula is C27H18ClF3IN3O7. The van der Waals surface area contributed by atoms with E-state index in [1.54, 1.807) is 42.5 Å². The maximum absolute atomic E-state index is 13.3. The lowest BCUT2D eigenvalue weighted by Gasteiger charge is -2.26. The lowest BCUT2D eigenvalue weighted by molar-refractivity contribution is -0.385. The molecule has 4 rings (SSSR count). The van der Waals surface area contributed by atoms with Crippen molar-refractivity contribution in [3.8, 4) is 17.2 Å². The fraction of sp³-hybridized carbons (Fsp3) is 0.148. The number of barbiturate groups is 1. The van der Waals surface area contributed by atoms with Crippen LogP contribution in [0.3, 0.4) is 0 Å². The summed E-state index contributed by atoms with van der Waals surface area (Å²) in [6.45, 7) is 3.47. The molecule has 0 atom stereocenters. The number of ether oxygens (including phenoxy) is 2. The van der Waals surface area contributed by atoms with E-state index in [9.17, 15) is 37.7 Å². The smallest absolute Gasteiger partial charge is 0.416 e. The van der Waals surface area contributed by atoms with Crippen molar-refractivity contribution >= 4 is 69.5 Å². The lowest BCUT2D eigenvalue weighted by atomic mass is 10.1. The molecule has 0 unspecified atom stereocenters. The molecule has 218 valence electrons. The Hall–Kier alpha value is -4.18. The van der Waals surface area contributed by atoms with E-state index < -0.39 is 51.5 Å². The molecule has 1 fully saturated rings. The van der Waals surface area contributed by atoms with Crippen molar-refractivity contribution in [3.63, 3.8) is 0 Å². The molecule has 0 aromatic heterocycles. The van der Waals surface area contributed by atoms with E-state index in [2.05, 4.69) is 5.32 Å². The molecule has 4 amide bonds. The summed E-state index contributed by atoms with van der Waals surface area (Å²) in [5, 5.41) is 13.9. The molecule has 10 nitrogen and oxygen atoms in total. The Labute approximate surface area is 254 Å². The molecule has 0 saturated carbocycles. The van der Waals surface area contributed by atoms with Crippen LogP contribution in [-0.4, -0.2) is 29.4 Å². The number of nitro benzene ring substituents is 1. The fourth-order valence-electron chi connectivity index (χ4n) is 3.85. The van der Waals surface area contributed by atoms with Crippen LogP contribution in [0.15, 0.2) is 54.1 Å². The van der Waals surface area contributed by atoms with Crippen molar-refractivity contribution in [2.45, 2.75) is 20.0 Å². The van der Waals surface area contributed by atoms with Gasteiger partial charge in [-0.2, -0.15) is 13.2 Å². The van der Waals surface area contributed by atoms with Crippen LogP contribution in [0.1, 0.15) is 23.6 Å². The van der Waals surface area contributed by atoms with Crippen LogP contribution in [0.2, 0.25) is 5.02 Å². The number of rotatable bonds is 7.